The molecular weight excluding hydrogens is 188 g/mol. The summed E-state index contributed by atoms with van der Waals surface area (Å²) in [7, 11) is 1.57. The van der Waals surface area contributed by atoms with E-state index in [9.17, 15) is 0 Å². The molecule has 0 N–H and O–H groups in total. The molecular formula is C9H17ClN2O. The maximum atomic E-state index is 4.62. The van der Waals surface area contributed by atoms with E-state index in [4.69, 9.17) is 0 Å². The minimum Gasteiger partial charge on any atom is -0.399 e. The fourth-order valence-electron chi connectivity index (χ4n) is 1.32. The first-order valence-corrected chi connectivity index (χ1v) is 4.34. The lowest BCUT2D eigenvalue weighted by Crippen LogP contribution is -2.29. The fraction of sp³-hybridized carbons (Fsp3) is 0.667. The molecule has 1 rings (SSSR count). The van der Waals surface area contributed by atoms with Crippen molar-refractivity contribution in [3.8, 4) is 0 Å². The molecule has 1 aliphatic rings. The lowest BCUT2D eigenvalue weighted by atomic mass is 10.1. The van der Waals surface area contributed by atoms with Crippen LogP contribution in [-0.4, -0.2) is 37.9 Å². The third-order valence-corrected chi connectivity index (χ3v) is 2.03. The average molecular weight is 205 g/mol. The monoisotopic (exact) mass is 204 g/mol. The maximum Gasteiger partial charge on any atom is 0.106 e. The Bertz CT molecular complexity index is 192. The van der Waals surface area contributed by atoms with Crippen LogP contribution < -0.4 is 0 Å². The smallest absolute Gasteiger partial charge is 0.106 e. The van der Waals surface area contributed by atoms with E-state index in [1.807, 2.05) is 0 Å². The Morgan fingerprint density at radius 2 is 2.46 bits per heavy atom. The summed E-state index contributed by atoms with van der Waals surface area (Å²) in [6, 6.07) is 0. The van der Waals surface area contributed by atoms with Crippen molar-refractivity contribution in [2.75, 3.05) is 26.7 Å². The normalized spacial score (nSPS) is 18.2. The summed E-state index contributed by atoms with van der Waals surface area (Å²) < 4.78 is 0. The molecule has 0 saturated heterocycles. The summed E-state index contributed by atoms with van der Waals surface area (Å²) in [5.41, 5.74) is 1.25. The Kier molecular flexibility index (Phi) is 6.63. The molecule has 4 heteroatoms. The number of oxime groups is 1. The van der Waals surface area contributed by atoms with Crippen LogP contribution >= 0.6 is 12.4 Å². The minimum atomic E-state index is 0. The number of likely N-dealkylation sites (N-methyl/N-ethyl adjacent to an activating group) is 1. The van der Waals surface area contributed by atoms with Crippen molar-refractivity contribution in [2.24, 2.45) is 5.16 Å². The number of hydrogen-bond acceptors (Lipinski definition) is 3. The molecule has 0 bridgehead atoms. The Morgan fingerprint density at radius 3 is 3.08 bits per heavy atom. The fourth-order valence-corrected chi connectivity index (χ4v) is 1.32. The van der Waals surface area contributed by atoms with E-state index < -0.39 is 0 Å². The quantitative estimate of drug-likeness (QED) is 0.517. The highest BCUT2D eigenvalue weighted by Gasteiger charge is 2.08. The highest BCUT2D eigenvalue weighted by atomic mass is 35.5. The molecule has 0 amide bonds. The van der Waals surface area contributed by atoms with E-state index in [0.717, 1.165) is 19.5 Å². The molecule has 0 atom stereocenters. The van der Waals surface area contributed by atoms with Gasteiger partial charge in [-0.15, -0.1) is 12.4 Å². The molecule has 0 aromatic rings. The molecule has 13 heavy (non-hydrogen) atoms. The van der Waals surface area contributed by atoms with Crippen molar-refractivity contribution in [3.05, 3.63) is 11.6 Å². The highest BCUT2D eigenvalue weighted by molar-refractivity contribution is 5.85. The van der Waals surface area contributed by atoms with Gasteiger partial charge < -0.3 is 4.84 Å². The zero-order chi connectivity index (χ0) is 8.81. The van der Waals surface area contributed by atoms with Crippen LogP contribution in [0.2, 0.25) is 0 Å². The topological polar surface area (TPSA) is 24.8 Å². The Labute approximate surface area is 85.8 Å². The molecule has 1 heterocycles. The van der Waals surface area contributed by atoms with E-state index in [1.165, 1.54) is 12.1 Å². The number of halogens is 1. The average Bonchev–Trinajstić information content (AvgIpc) is 2.15. The third kappa shape index (κ3) is 4.29. The molecule has 3 nitrogen and oxygen atoms in total. The number of hydrogen-bond donors (Lipinski definition) is 0. The van der Waals surface area contributed by atoms with Crippen LogP contribution in [0.5, 0.6) is 0 Å². The Morgan fingerprint density at radius 1 is 1.69 bits per heavy atom. The Balaban J connectivity index is 0.00000144. The second kappa shape index (κ2) is 6.92. The second-order valence-corrected chi connectivity index (χ2v) is 2.85. The van der Waals surface area contributed by atoms with Gasteiger partial charge in [0.2, 0.25) is 0 Å². The van der Waals surface area contributed by atoms with Gasteiger partial charge in [-0.25, -0.2) is 0 Å². The van der Waals surface area contributed by atoms with Crippen molar-refractivity contribution in [2.45, 2.75) is 13.3 Å². The third-order valence-electron chi connectivity index (χ3n) is 2.03. The van der Waals surface area contributed by atoms with Gasteiger partial charge in [0.05, 0.1) is 6.21 Å². The summed E-state index contributed by atoms with van der Waals surface area (Å²) in [6.45, 7) is 5.46. The first-order chi connectivity index (χ1) is 5.86. The van der Waals surface area contributed by atoms with Gasteiger partial charge in [-0.3, -0.25) is 4.90 Å². The van der Waals surface area contributed by atoms with Gasteiger partial charge in [0.25, 0.3) is 0 Å². The van der Waals surface area contributed by atoms with E-state index in [-0.39, 0.29) is 12.4 Å². The maximum absolute atomic E-state index is 4.62. The lowest BCUT2D eigenvalue weighted by Gasteiger charge is -2.23. The van der Waals surface area contributed by atoms with Crippen molar-refractivity contribution in [1.82, 2.24) is 4.90 Å². The molecule has 0 aliphatic carbocycles. The van der Waals surface area contributed by atoms with Gasteiger partial charge >= 0.3 is 0 Å². The summed E-state index contributed by atoms with van der Waals surface area (Å²) in [6.07, 6.45) is 5.13. The van der Waals surface area contributed by atoms with Gasteiger partial charge in [-0.2, -0.15) is 0 Å². The van der Waals surface area contributed by atoms with Crippen LogP contribution in [-0.2, 0) is 4.84 Å². The van der Waals surface area contributed by atoms with Crippen LogP contribution in [0.4, 0.5) is 0 Å². The largest absolute Gasteiger partial charge is 0.399 e. The van der Waals surface area contributed by atoms with Gasteiger partial charge in [0, 0.05) is 13.1 Å². The van der Waals surface area contributed by atoms with Crippen molar-refractivity contribution in [1.29, 1.82) is 0 Å². The predicted octanol–water partition coefficient (Wildman–Crippen LogP) is 1.69. The molecule has 0 unspecified atom stereocenters. The number of nitrogens with zero attached hydrogens (tertiary/aromatic N) is 2. The first kappa shape index (κ1) is 12.5. The predicted molar refractivity (Wildman–Crippen MR) is 57.6 cm³/mol. The second-order valence-electron chi connectivity index (χ2n) is 2.85. The van der Waals surface area contributed by atoms with Crippen LogP contribution in [0, 0.1) is 0 Å². The Hall–Kier alpha value is -0.540. The first-order valence-electron chi connectivity index (χ1n) is 4.34. The standard InChI is InChI=1S/C9H16N2O.ClH/c1-3-11-6-4-5-9(8-11)7-10-12-2;/h5,7H,3-4,6,8H2,1-2H3;1H. The summed E-state index contributed by atoms with van der Waals surface area (Å²) >= 11 is 0. The van der Waals surface area contributed by atoms with E-state index >= 15 is 0 Å². The minimum absolute atomic E-state index is 0. The summed E-state index contributed by atoms with van der Waals surface area (Å²) in [4.78, 5) is 7.01. The molecule has 0 fully saturated rings. The van der Waals surface area contributed by atoms with Gasteiger partial charge in [0.1, 0.15) is 7.11 Å². The van der Waals surface area contributed by atoms with Crippen molar-refractivity contribution >= 4 is 18.6 Å². The summed E-state index contributed by atoms with van der Waals surface area (Å²) in [5, 5.41) is 3.74. The SMILES string of the molecule is CCN1CCC=C(C=NOC)C1.Cl. The van der Waals surface area contributed by atoms with Gasteiger partial charge in [-0.1, -0.05) is 18.2 Å². The summed E-state index contributed by atoms with van der Waals surface area (Å²) in [5.74, 6) is 0. The molecule has 0 spiro atoms. The van der Waals surface area contributed by atoms with Gasteiger partial charge in [-0.05, 0) is 18.5 Å². The molecule has 0 aromatic carbocycles. The van der Waals surface area contributed by atoms with Crippen LogP contribution in [0.1, 0.15) is 13.3 Å². The number of rotatable bonds is 3. The zero-order valence-electron chi connectivity index (χ0n) is 8.19. The lowest BCUT2D eigenvalue weighted by molar-refractivity contribution is 0.215. The molecule has 0 aromatic heterocycles. The van der Waals surface area contributed by atoms with Crippen LogP contribution in [0.15, 0.2) is 16.8 Å². The van der Waals surface area contributed by atoms with E-state index in [0.29, 0.717) is 0 Å². The van der Waals surface area contributed by atoms with E-state index in [1.54, 1.807) is 13.3 Å². The molecule has 1 aliphatic heterocycles. The van der Waals surface area contributed by atoms with Crippen molar-refractivity contribution in [3.63, 3.8) is 0 Å². The van der Waals surface area contributed by atoms with Crippen molar-refractivity contribution < 1.29 is 4.84 Å². The zero-order valence-corrected chi connectivity index (χ0v) is 9.01. The molecule has 0 radical (unpaired) electrons. The molecule has 0 saturated carbocycles. The highest BCUT2D eigenvalue weighted by Crippen LogP contribution is 2.06. The van der Waals surface area contributed by atoms with Crippen LogP contribution in [0.25, 0.3) is 0 Å². The molecule has 76 valence electrons. The van der Waals surface area contributed by atoms with Crippen LogP contribution in [0.3, 0.4) is 0 Å². The van der Waals surface area contributed by atoms with Gasteiger partial charge in [0.15, 0.2) is 0 Å². The van der Waals surface area contributed by atoms with E-state index in [2.05, 4.69) is 27.9 Å².